The molecule has 1 aliphatic carbocycles. The Hall–Kier alpha value is -1.22. The predicted octanol–water partition coefficient (Wildman–Crippen LogP) is 2.83. The predicted molar refractivity (Wildman–Crippen MR) is 67.2 cm³/mol. The van der Waals surface area contributed by atoms with Gasteiger partial charge in [-0.2, -0.15) is 0 Å². The highest BCUT2D eigenvalue weighted by Gasteiger charge is 2.42. The summed E-state index contributed by atoms with van der Waals surface area (Å²) in [5.74, 6) is 0.153. The Balaban J connectivity index is 2.29. The minimum absolute atomic E-state index is 0.396. The van der Waals surface area contributed by atoms with E-state index in [2.05, 4.69) is 0 Å². The Morgan fingerprint density at radius 1 is 1.41 bits per heavy atom. The SMILES string of the molecule is Cc1ccc(Cl)c(OC2(C(N)=O)CCCC2)c1. The van der Waals surface area contributed by atoms with Crippen LogP contribution in [0.5, 0.6) is 5.75 Å². The van der Waals surface area contributed by atoms with Crippen LogP contribution in [0.25, 0.3) is 0 Å². The van der Waals surface area contributed by atoms with E-state index in [1.165, 1.54) is 0 Å². The van der Waals surface area contributed by atoms with Gasteiger partial charge in [0, 0.05) is 0 Å². The topological polar surface area (TPSA) is 52.3 Å². The first-order valence-corrected chi connectivity index (χ1v) is 6.16. The van der Waals surface area contributed by atoms with Crippen LogP contribution < -0.4 is 10.5 Å². The lowest BCUT2D eigenvalue weighted by Crippen LogP contribution is -2.46. The highest BCUT2D eigenvalue weighted by Crippen LogP contribution is 2.37. The average Bonchev–Trinajstić information content (AvgIpc) is 2.73. The molecule has 1 fully saturated rings. The summed E-state index contributed by atoms with van der Waals surface area (Å²) in [4.78, 5) is 11.6. The largest absolute Gasteiger partial charge is 0.476 e. The summed E-state index contributed by atoms with van der Waals surface area (Å²) < 4.78 is 5.83. The maximum Gasteiger partial charge on any atom is 0.261 e. The second-order valence-corrected chi connectivity index (χ2v) is 5.01. The molecule has 1 aliphatic rings. The molecule has 4 heteroatoms. The smallest absolute Gasteiger partial charge is 0.261 e. The molecular formula is C13H16ClNO2. The van der Waals surface area contributed by atoms with Crippen LogP contribution in [0.3, 0.4) is 0 Å². The number of hydrogen-bond donors (Lipinski definition) is 1. The Bertz CT molecular complexity index is 439. The third kappa shape index (κ3) is 2.39. The maximum atomic E-state index is 11.6. The number of hydrogen-bond acceptors (Lipinski definition) is 2. The fourth-order valence-electron chi connectivity index (χ4n) is 2.24. The van der Waals surface area contributed by atoms with Crippen LogP contribution in [0, 0.1) is 6.92 Å². The maximum absolute atomic E-state index is 11.6. The Morgan fingerprint density at radius 2 is 2.06 bits per heavy atom. The van der Waals surface area contributed by atoms with Gasteiger partial charge in [0.15, 0.2) is 5.60 Å². The highest BCUT2D eigenvalue weighted by atomic mass is 35.5. The lowest BCUT2D eigenvalue weighted by Gasteiger charge is -2.27. The summed E-state index contributed by atoms with van der Waals surface area (Å²) in [6.45, 7) is 1.95. The molecule has 1 aromatic carbocycles. The first-order chi connectivity index (χ1) is 8.03. The van der Waals surface area contributed by atoms with Crippen molar-refractivity contribution in [3.8, 4) is 5.75 Å². The van der Waals surface area contributed by atoms with Crippen molar-refractivity contribution in [1.29, 1.82) is 0 Å². The van der Waals surface area contributed by atoms with Gasteiger partial charge in [-0.05, 0) is 50.3 Å². The van der Waals surface area contributed by atoms with E-state index in [1.54, 1.807) is 6.07 Å². The van der Waals surface area contributed by atoms with Gasteiger partial charge in [0.1, 0.15) is 5.75 Å². The number of halogens is 1. The molecule has 0 aliphatic heterocycles. The second kappa shape index (κ2) is 4.57. The van der Waals surface area contributed by atoms with Crippen molar-refractivity contribution < 1.29 is 9.53 Å². The number of benzene rings is 1. The van der Waals surface area contributed by atoms with Gasteiger partial charge in [-0.3, -0.25) is 4.79 Å². The first kappa shape index (κ1) is 12.2. The molecule has 0 spiro atoms. The fourth-order valence-corrected chi connectivity index (χ4v) is 2.40. The molecule has 2 N–H and O–H groups in total. The number of amides is 1. The van der Waals surface area contributed by atoms with E-state index >= 15 is 0 Å². The molecule has 0 heterocycles. The molecule has 0 unspecified atom stereocenters. The van der Waals surface area contributed by atoms with E-state index < -0.39 is 11.5 Å². The van der Waals surface area contributed by atoms with Gasteiger partial charge >= 0.3 is 0 Å². The molecule has 2 rings (SSSR count). The third-order valence-corrected chi connectivity index (χ3v) is 3.56. The number of aryl methyl sites for hydroxylation is 1. The Labute approximate surface area is 106 Å². The van der Waals surface area contributed by atoms with Crippen molar-refractivity contribution in [2.75, 3.05) is 0 Å². The summed E-state index contributed by atoms with van der Waals surface area (Å²) in [6.07, 6.45) is 3.28. The van der Waals surface area contributed by atoms with Crippen molar-refractivity contribution in [3.63, 3.8) is 0 Å². The van der Waals surface area contributed by atoms with E-state index in [9.17, 15) is 4.79 Å². The van der Waals surface area contributed by atoms with Crippen LogP contribution in [0.4, 0.5) is 0 Å². The zero-order valence-electron chi connectivity index (χ0n) is 9.83. The van der Waals surface area contributed by atoms with Gasteiger partial charge in [-0.15, -0.1) is 0 Å². The van der Waals surface area contributed by atoms with Crippen molar-refractivity contribution in [1.82, 2.24) is 0 Å². The Morgan fingerprint density at radius 3 is 2.65 bits per heavy atom. The van der Waals surface area contributed by atoms with Gasteiger partial charge in [0.05, 0.1) is 5.02 Å². The normalized spacial score (nSPS) is 18.0. The quantitative estimate of drug-likeness (QED) is 0.901. The molecule has 17 heavy (non-hydrogen) atoms. The number of ether oxygens (including phenoxy) is 1. The minimum atomic E-state index is -0.864. The lowest BCUT2D eigenvalue weighted by atomic mass is 10.0. The van der Waals surface area contributed by atoms with E-state index in [-0.39, 0.29) is 0 Å². The Kier molecular flexibility index (Phi) is 3.29. The van der Waals surface area contributed by atoms with Crippen LogP contribution >= 0.6 is 11.6 Å². The summed E-state index contributed by atoms with van der Waals surface area (Å²) in [7, 11) is 0. The molecule has 0 aromatic heterocycles. The molecule has 0 atom stereocenters. The molecule has 0 bridgehead atoms. The van der Waals surface area contributed by atoms with E-state index in [0.29, 0.717) is 23.6 Å². The van der Waals surface area contributed by atoms with Crippen molar-refractivity contribution in [3.05, 3.63) is 28.8 Å². The summed E-state index contributed by atoms with van der Waals surface area (Å²) >= 11 is 6.06. The molecule has 0 radical (unpaired) electrons. The van der Waals surface area contributed by atoms with Crippen molar-refractivity contribution >= 4 is 17.5 Å². The van der Waals surface area contributed by atoms with Crippen molar-refractivity contribution in [2.45, 2.75) is 38.2 Å². The molecule has 92 valence electrons. The van der Waals surface area contributed by atoms with E-state index in [0.717, 1.165) is 18.4 Å². The highest BCUT2D eigenvalue weighted by molar-refractivity contribution is 6.32. The number of carbonyl (C=O) groups is 1. The molecule has 1 aromatic rings. The zero-order valence-corrected chi connectivity index (χ0v) is 10.6. The third-order valence-electron chi connectivity index (χ3n) is 3.25. The van der Waals surface area contributed by atoms with E-state index in [4.69, 9.17) is 22.1 Å². The molecule has 3 nitrogen and oxygen atoms in total. The molecule has 1 amide bonds. The standard InChI is InChI=1S/C13H16ClNO2/c1-9-4-5-10(14)11(8-9)17-13(12(15)16)6-2-3-7-13/h4-5,8H,2-3,6-7H2,1H3,(H2,15,16). The number of primary amides is 1. The molecule has 0 saturated heterocycles. The van der Waals surface area contributed by atoms with Gasteiger partial charge in [-0.25, -0.2) is 0 Å². The second-order valence-electron chi connectivity index (χ2n) is 4.60. The summed E-state index contributed by atoms with van der Waals surface area (Å²) in [5.41, 5.74) is 5.64. The number of rotatable bonds is 3. The summed E-state index contributed by atoms with van der Waals surface area (Å²) in [5, 5.41) is 0.517. The lowest BCUT2D eigenvalue weighted by molar-refractivity contribution is -0.132. The van der Waals surface area contributed by atoms with Crippen LogP contribution in [0.2, 0.25) is 5.02 Å². The number of nitrogens with two attached hydrogens (primary N) is 1. The van der Waals surface area contributed by atoms with Crippen LogP contribution in [-0.4, -0.2) is 11.5 Å². The van der Waals surface area contributed by atoms with Crippen LogP contribution in [0.1, 0.15) is 31.2 Å². The van der Waals surface area contributed by atoms with Crippen LogP contribution in [-0.2, 0) is 4.79 Å². The minimum Gasteiger partial charge on any atom is -0.476 e. The van der Waals surface area contributed by atoms with E-state index in [1.807, 2.05) is 19.1 Å². The van der Waals surface area contributed by atoms with Gasteiger partial charge < -0.3 is 10.5 Å². The summed E-state index contributed by atoms with van der Waals surface area (Å²) in [6, 6.07) is 5.52. The fraction of sp³-hybridized carbons (Fsp3) is 0.462. The molecular weight excluding hydrogens is 238 g/mol. The molecule has 1 saturated carbocycles. The van der Waals surface area contributed by atoms with Gasteiger partial charge in [-0.1, -0.05) is 17.7 Å². The van der Waals surface area contributed by atoms with Gasteiger partial charge in [0.2, 0.25) is 0 Å². The zero-order chi connectivity index (χ0) is 12.5. The van der Waals surface area contributed by atoms with Crippen molar-refractivity contribution in [2.24, 2.45) is 5.73 Å². The average molecular weight is 254 g/mol. The van der Waals surface area contributed by atoms with Gasteiger partial charge in [0.25, 0.3) is 5.91 Å². The first-order valence-electron chi connectivity index (χ1n) is 5.79. The monoisotopic (exact) mass is 253 g/mol. The van der Waals surface area contributed by atoms with Crippen LogP contribution in [0.15, 0.2) is 18.2 Å². The number of carbonyl (C=O) groups excluding carboxylic acids is 1.